The molecule has 0 spiro atoms. The molecule has 7 nitrogen and oxygen atoms in total. The van der Waals surface area contributed by atoms with Gasteiger partial charge in [-0.3, -0.25) is 4.79 Å². The van der Waals surface area contributed by atoms with Gasteiger partial charge >= 0.3 is 0 Å². The van der Waals surface area contributed by atoms with E-state index in [4.69, 9.17) is 9.15 Å². The third-order valence-corrected chi connectivity index (χ3v) is 3.65. The zero-order valence-corrected chi connectivity index (χ0v) is 12.4. The average molecular weight is 302 g/mol. The maximum absolute atomic E-state index is 11.8. The van der Waals surface area contributed by atoms with Crippen molar-refractivity contribution < 1.29 is 13.9 Å². The molecule has 1 fully saturated rings. The van der Waals surface area contributed by atoms with Crippen LogP contribution in [0.1, 0.15) is 0 Å². The highest BCUT2D eigenvalue weighted by Gasteiger charge is 2.21. The van der Waals surface area contributed by atoms with Crippen LogP contribution in [0.3, 0.4) is 0 Å². The molecule has 1 aliphatic heterocycles. The predicted octanol–water partition coefficient (Wildman–Crippen LogP) is 1.03. The first-order valence-electron chi connectivity index (χ1n) is 7.17. The van der Waals surface area contributed by atoms with E-state index in [0.717, 1.165) is 18.9 Å². The number of furan rings is 1. The van der Waals surface area contributed by atoms with Crippen LogP contribution in [0, 0.1) is 0 Å². The van der Waals surface area contributed by atoms with E-state index in [-0.39, 0.29) is 12.5 Å². The molecule has 1 amide bonds. The third kappa shape index (κ3) is 3.09. The van der Waals surface area contributed by atoms with Gasteiger partial charge in [-0.1, -0.05) is 0 Å². The van der Waals surface area contributed by atoms with Crippen LogP contribution in [0.15, 0.2) is 34.9 Å². The quantitative estimate of drug-likeness (QED) is 0.840. The van der Waals surface area contributed by atoms with Gasteiger partial charge in [-0.15, -0.1) is 10.2 Å². The number of piperazine rings is 1. The second kappa shape index (κ2) is 6.57. The molecule has 0 saturated carbocycles. The van der Waals surface area contributed by atoms with Crippen LogP contribution >= 0.6 is 0 Å². The standard InChI is InChI=1S/C15H18N4O3/c1-21-11-15(20)19-8-6-18(7-9-19)14-5-4-12(16-17-14)13-3-2-10-22-13/h2-5,10H,6-9,11H2,1H3. The molecule has 0 unspecified atom stereocenters. The second-order valence-electron chi connectivity index (χ2n) is 5.05. The van der Waals surface area contributed by atoms with Gasteiger partial charge in [0, 0.05) is 33.3 Å². The molecule has 22 heavy (non-hydrogen) atoms. The Morgan fingerprint density at radius 2 is 2.05 bits per heavy atom. The number of hydrogen-bond donors (Lipinski definition) is 0. The van der Waals surface area contributed by atoms with Crippen molar-refractivity contribution in [1.29, 1.82) is 0 Å². The van der Waals surface area contributed by atoms with E-state index in [1.807, 2.05) is 29.2 Å². The Kier molecular flexibility index (Phi) is 4.34. The van der Waals surface area contributed by atoms with Gasteiger partial charge in [-0.05, 0) is 24.3 Å². The number of rotatable bonds is 4. The van der Waals surface area contributed by atoms with Crippen molar-refractivity contribution >= 4 is 11.7 Å². The average Bonchev–Trinajstić information content (AvgIpc) is 3.10. The number of methoxy groups -OCH3 is 1. The summed E-state index contributed by atoms with van der Waals surface area (Å²) in [7, 11) is 1.53. The van der Waals surface area contributed by atoms with E-state index in [9.17, 15) is 4.79 Å². The summed E-state index contributed by atoms with van der Waals surface area (Å²) in [6.45, 7) is 2.96. The topological polar surface area (TPSA) is 71.7 Å². The van der Waals surface area contributed by atoms with Gasteiger partial charge in [0.05, 0.1) is 6.26 Å². The van der Waals surface area contributed by atoms with E-state index >= 15 is 0 Å². The van der Waals surface area contributed by atoms with Crippen molar-refractivity contribution in [2.75, 3.05) is 44.8 Å². The monoisotopic (exact) mass is 302 g/mol. The number of carbonyl (C=O) groups excluding carboxylic acids is 1. The summed E-state index contributed by atoms with van der Waals surface area (Å²) in [5.74, 6) is 1.55. The van der Waals surface area contributed by atoms with Crippen LogP contribution in [0.2, 0.25) is 0 Å². The van der Waals surface area contributed by atoms with Gasteiger partial charge in [0.15, 0.2) is 11.6 Å². The number of amides is 1. The lowest BCUT2D eigenvalue weighted by atomic mass is 10.3. The molecule has 1 aliphatic rings. The Balaban J connectivity index is 1.61. The minimum absolute atomic E-state index is 0.0291. The molecule has 0 atom stereocenters. The van der Waals surface area contributed by atoms with Gasteiger partial charge < -0.3 is 19.0 Å². The fraction of sp³-hybridized carbons (Fsp3) is 0.400. The molecule has 0 aliphatic carbocycles. The fourth-order valence-electron chi connectivity index (χ4n) is 2.45. The zero-order chi connectivity index (χ0) is 15.4. The molecule has 2 aromatic heterocycles. The van der Waals surface area contributed by atoms with Crippen molar-refractivity contribution in [2.24, 2.45) is 0 Å². The lowest BCUT2D eigenvalue weighted by Crippen LogP contribution is -2.50. The summed E-state index contributed by atoms with van der Waals surface area (Å²) in [5.41, 5.74) is 0.711. The molecule has 3 rings (SSSR count). The Morgan fingerprint density at radius 1 is 1.23 bits per heavy atom. The number of nitrogens with zero attached hydrogens (tertiary/aromatic N) is 4. The minimum atomic E-state index is 0.0291. The van der Waals surface area contributed by atoms with Gasteiger partial charge in [-0.2, -0.15) is 0 Å². The van der Waals surface area contributed by atoms with E-state index in [2.05, 4.69) is 15.1 Å². The van der Waals surface area contributed by atoms with Crippen molar-refractivity contribution in [3.63, 3.8) is 0 Å². The summed E-state index contributed by atoms with van der Waals surface area (Å²) >= 11 is 0. The molecular weight excluding hydrogens is 284 g/mol. The minimum Gasteiger partial charge on any atom is -0.463 e. The van der Waals surface area contributed by atoms with Gasteiger partial charge in [0.1, 0.15) is 12.3 Å². The Labute approximate surface area is 128 Å². The summed E-state index contributed by atoms with van der Waals surface area (Å²) in [4.78, 5) is 15.7. The lowest BCUT2D eigenvalue weighted by molar-refractivity contribution is -0.135. The normalized spacial score (nSPS) is 15.1. The van der Waals surface area contributed by atoms with Crippen LogP contribution in [0.5, 0.6) is 0 Å². The van der Waals surface area contributed by atoms with Crippen molar-refractivity contribution in [2.45, 2.75) is 0 Å². The number of hydrogen-bond acceptors (Lipinski definition) is 6. The Hall–Kier alpha value is -2.41. The molecule has 0 bridgehead atoms. The summed E-state index contributed by atoms with van der Waals surface area (Å²) in [6, 6.07) is 7.49. The number of anilines is 1. The molecule has 7 heteroatoms. The molecule has 0 radical (unpaired) electrons. The van der Waals surface area contributed by atoms with Crippen molar-refractivity contribution in [1.82, 2.24) is 15.1 Å². The number of aromatic nitrogens is 2. The third-order valence-electron chi connectivity index (χ3n) is 3.65. The first-order valence-corrected chi connectivity index (χ1v) is 7.17. The fourth-order valence-corrected chi connectivity index (χ4v) is 2.45. The largest absolute Gasteiger partial charge is 0.463 e. The van der Waals surface area contributed by atoms with E-state index in [0.29, 0.717) is 24.5 Å². The van der Waals surface area contributed by atoms with E-state index in [1.54, 1.807) is 6.26 Å². The highest BCUT2D eigenvalue weighted by molar-refractivity contribution is 5.77. The van der Waals surface area contributed by atoms with Gasteiger partial charge in [-0.25, -0.2) is 0 Å². The van der Waals surface area contributed by atoms with Crippen LogP contribution < -0.4 is 4.90 Å². The maximum atomic E-state index is 11.8. The SMILES string of the molecule is COCC(=O)N1CCN(c2ccc(-c3ccco3)nn2)CC1. The molecule has 0 N–H and O–H groups in total. The molecule has 2 aromatic rings. The first-order chi connectivity index (χ1) is 10.8. The molecular formula is C15H18N4O3. The maximum Gasteiger partial charge on any atom is 0.248 e. The van der Waals surface area contributed by atoms with E-state index in [1.165, 1.54) is 7.11 Å². The molecule has 0 aromatic carbocycles. The van der Waals surface area contributed by atoms with E-state index < -0.39 is 0 Å². The lowest BCUT2D eigenvalue weighted by Gasteiger charge is -2.35. The number of ether oxygens (including phenoxy) is 1. The summed E-state index contributed by atoms with van der Waals surface area (Å²) in [5, 5.41) is 8.45. The molecule has 116 valence electrons. The van der Waals surface area contributed by atoms with Crippen LogP contribution in [0.25, 0.3) is 11.5 Å². The Bertz CT molecular complexity index is 604. The van der Waals surface area contributed by atoms with Crippen LogP contribution in [-0.4, -0.2) is 60.9 Å². The predicted molar refractivity (Wildman–Crippen MR) is 80.4 cm³/mol. The van der Waals surface area contributed by atoms with Gasteiger partial charge in [0.2, 0.25) is 5.91 Å². The highest BCUT2D eigenvalue weighted by Crippen LogP contribution is 2.19. The highest BCUT2D eigenvalue weighted by atomic mass is 16.5. The van der Waals surface area contributed by atoms with Gasteiger partial charge in [0.25, 0.3) is 0 Å². The second-order valence-corrected chi connectivity index (χ2v) is 5.05. The smallest absolute Gasteiger partial charge is 0.248 e. The summed E-state index contributed by atoms with van der Waals surface area (Å²) in [6.07, 6.45) is 1.61. The summed E-state index contributed by atoms with van der Waals surface area (Å²) < 4.78 is 10.2. The number of carbonyl (C=O) groups is 1. The molecule has 3 heterocycles. The van der Waals surface area contributed by atoms with Crippen LogP contribution in [-0.2, 0) is 9.53 Å². The zero-order valence-electron chi connectivity index (χ0n) is 12.4. The first kappa shape index (κ1) is 14.5. The molecule has 1 saturated heterocycles. The van der Waals surface area contributed by atoms with Crippen LogP contribution in [0.4, 0.5) is 5.82 Å². The van der Waals surface area contributed by atoms with Crippen molar-refractivity contribution in [3.8, 4) is 11.5 Å². The Morgan fingerprint density at radius 3 is 2.64 bits per heavy atom. The van der Waals surface area contributed by atoms with Crippen molar-refractivity contribution in [3.05, 3.63) is 30.5 Å².